The van der Waals surface area contributed by atoms with E-state index in [0.29, 0.717) is 29.0 Å². The van der Waals surface area contributed by atoms with E-state index in [1.807, 2.05) is 0 Å². The van der Waals surface area contributed by atoms with Gasteiger partial charge >= 0.3 is 0 Å². The van der Waals surface area contributed by atoms with Crippen molar-refractivity contribution in [3.05, 3.63) is 23.7 Å². The molecule has 0 unspecified atom stereocenters. The largest absolute Gasteiger partial charge is 0.479 e. The summed E-state index contributed by atoms with van der Waals surface area (Å²) in [4.78, 5) is 4.10. The minimum absolute atomic E-state index is 0.398. The van der Waals surface area contributed by atoms with E-state index in [9.17, 15) is 0 Å². The predicted octanol–water partition coefficient (Wildman–Crippen LogP) is 1.84. The molecule has 0 saturated heterocycles. The summed E-state index contributed by atoms with van der Waals surface area (Å²) >= 11 is 5.59. The number of hydrogen-bond donors (Lipinski definition) is 2. The molecule has 3 N–H and O–H groups in total. The van der Waals surface area contributed by atoms with E-state index >= 15 is 0 Å². The molecule has 1 aromatic heterocycles. The average molecular weight is 214 g/mol. The number of ether oxygens (including phenoxy) is 1. The van der Waals surface area contributed by atoms with Gasteiger partial charge in [0.25, 0.3) is 0 Å². The van der Waals surface area contributed by atoms with Crippen LogP contribution in [0.25, 0.3) is 0 Å². The molecule has 1 aromatic rings. The van der Waals surface area contributed by atoms with Crippen LogP contribution in [0.2, 0.25) is 0 Å². The summed E-state index contributed by atoms with van der Waals surface area (Å²) < 4.78 is 4.96. The van der Waals surface area contributed by atoms with Gasteiger partial charge in [-0.05, 0) is 12.1 Å². The van der Waals surface area contributed by atoms with Crippen molar-refractivity contribution in [1.82, 2.24) is 4.98 Å². The van der Waals surface area contributed by atoms with Gasteiger partial charge in [-0.2, -0.15) is 4.98 Å². The highest BCUT2D eigenvalue weighted by Gasteiger charge is 2.01. The fourth-order valence-electron chi connectivity index (χ4n) is 0.900. The number of pyridine rings is 1. The minimum Gasteiger partial charge on any atom is -0.479 e. The standard InChI is InChI=1S/C9H12ClN3O/c1-6(10)5-12-8-4-3-7(11)9(13-8)14-2/h3-4H,1,5,11H2,2H3,(H,12,13). The van der Waals surface area contributed by atoms with Crippen molar-refractivity contribution in [1.29, 1.82) is 0 Å². The van der Waals surface area contributed by atoms with Gasteiger partial charge in [-0.1, -0.05) is 18.2 Å². The fraction of sp³-hybridized carbons (Fsp3) is 0.222. The molecule has 0 amide bonds. The second kappa shape index (κ2) is 4.72. The molecule has 4 nitrogen and oxygen atoms in total. The van der Waals surface area contributed by atoms with Gasteiger partial charge in [0.1, 0.15) is 5.82 Å². The van der Waals surface area contributed by atoms with Crippen LogP contribution in [0, 0.1) is 0 Å². The van der Waals surface area contributed by atoms with Gasteiger partial charge in [-0.15, -0.1) is 0 Å². The van der Waals surface area contributed by atoms with Crippen LogP contribution in [0.15, 0.2) is 23.7 Å². The second-order valence-electron chi connectivity index (χ2n) is 2.67. The summed E-state index contributed by atoms with van der Waals surface area (Å²) in [5.74, 6) is 1.05. The quantitative estimate of drug-likeness (QED) is 0.801. The number of nitrogen functional groups attached to an aromatic ring is 1. The van der Waals surface area contributed by atoms with Gasteiger partial charge in [-0.25, -0.2) is 0 Å². The number of anilines is 2. The summed E-state index contributed by atoms with van der Waals surface area (Å²) in [6.07, 6.45) is 0. The van der Waals surface area contributed by atoms with Crippen molar-refractivity contribution in [3.63, 3.8) is 0 Å². The molecule has 76 valence electrons. The maximum absolute atomic E-state index is 5.60. The van der Waals surface area contributed by atoms with Crippen LogP contribution in [0.4, 0.5) is 11.5 Å². The first kappa shape index (κ1) is 10.7. The van der Waals surface area contributed by atoms with E-state index in [-0.39, 0.29) is 0 Å². The first-order valence-corrected chi connectivity index (χ1v) is 4.39. The first-order chi connectivity index (χ1) is 6.63. The SMILES string of the molecule is C=C(Cl)CNc1ccc(N)c(OC)n1. The molecule has 14 heavy (non-hydrogen) atoms. The molecule has 1 rings (SSSR count). The Balaban J connectivity index is 2.74. The number of aromatic nitrogens is 1. The van der Waals surface area contributed by atoms with Crippen LogP contribution in [0.3, 0.4) is 0 Å². The van der Waals surface area contributed by atoms with Crippen molar-refractivity contribution >= 4 is 23.1 Å². The fourth-order valence-corrected chi connectivity index (χ4v) is 0.966. The monoisotopic (exact) mass is 213 g/mol. The molecule has 0 radical (unpaired) electrons. The molecule has 0 saturated carbocycles. The number of rotatable bonds is 4. The number of nitrogens with one attached hydrogen (secondary N) is 1. The van der Waals surface area contributed by atoms with Gasteiger partial charge in [0.05, 0.1) is 19.3 Å². The number of methoxy groups -OCH3 is 1. The van der Waals surface area contributed by atoms with Crippen LogP contribution < -0.4 is 15.8 Å². The lowest BCUT2D eigenvalue weighted by atomic mass is 10.4. The maximum Gasteiger partial charge on any atom is 0.238 e. The number of halogens is 1. The zero-order valence-corrected chi connectivity index (χ0v) is 8.64. The summed E-state index contributed by atoms with van der Waals surface area (Å²) in [5.41, 5.74) is 6.10. The van der Waals surface area contributed by atoms with Crippen LogP contribution in [0.1, 0.15) is 0 Å². The van der Waals surface area contributed by atoms with E-state index in [1.165, 1.54) is 7.11 Å². The third-order valence-electron chi connectivity index (χ3n) is 1.54. The van der Waals surface area contributed by atoms with Gasteiger partial charge in [-0.3, -0.25) is 0 Å². The molecule has 0 bridgehead atoms. The lowest BCUT2D eigenvalue weighted by Gasteiger charge is -2.07. The maximum atomic E-state index is 5.60. The molecule has 0 aliphatic carbocycles. The Bertz CT molecular complexity index is 341. The molecular formula is C9H12ClN3O. The van der Waals surface area contributed by atoms with E-state index < -0.39 is 0 Å². The van der Waals surface area contributed by atoms with Crippen LogP contribution >= 0.6 is 11.6 Å². The van der Waals surface area contributed by atoms with Crippen molar-refractivity contribution < 1.29 is 4.74 Å². The van der Waals surface area contributed by atoms with Gasteiger partial charge in [0, 0.05) is 5.03 Å². The third kappa shape index (κ3) is 2.81. The topological polar surface area (TPSA) is 60.2 Å². The van der Waals surface area contributed by atoms with Crippen LogP contribution in [-0.2, 0) is 0 Å². The van der Waals surface area contributed by atoms with E-state index in [1.54, 1.807) is 12.1 Å². The number of nitrogens with zero attached hydrogens (tertiary/aromatic N) is 1. The zero-order valence-electron chi connectivity index (χ0n) is 7.88. The van der Waals surface area contributed by atoms with Gasteiger partial charge in [0.15, 0.2) is 0 Å². The second-order valence-corrected chi connectivity index (χ2v) is 3.20. The summed E-state index contributed by atoms with van der Waals surface area (Å²) in [6.45, 7) is 4.01. The highest BCUT2D eigenvalue weighted by molar-refractivity contribution is 6.29. The Morgan fingerprint density at radius 3 is 3.00 bits per heavy atom. The molecule has 0 fully saturated rings. The van der Waals surface area contributed by atoms with Gasteiger partial charge < -0.3 is 15.8 Å². The van der Waals surface area contributed by atoms with Crippen LogP contribution in [-0.4, -0.2) is 18.6 Å². The van der Waals surface area contributed by atoms with Crippen molar-refractivity contribution in [2.75, 3.05) is 24.7 Å². The molecule has 0 aliphatic rings. The molecule has 0 aliphatic heterocycles. The Morgan fingerprint density at radius 1 is 1.71 bits per heavy atom. The lowest BCUT2D eigenvalue weighted by molar-refractivity contribution is 0.401. The molecular weight excluding hydrogens is 202 g/mol. The molecule has 1 heterocycles. The third-order valence-corrected chi connectivity index (χ3v) is 1.68. The Kier molecular flexibility index (Phi) is 3.59. The van der Waals surface area contributed by atoms with E-state index in [2.05, 4.69) is 16.9 Å². The van der Waals surface area contributed by atoms with Crippen LogP contribution in [0.5, 0.6) is 5.88 Å². The molecule has 0 atom stereocenters. The lowest BCUT2D eigenvalue weighted by Crippen LogP contribution is -2.04. The molecule has 0 aromatic carbocycles. The summed E-state index contributed by atoms with van der Waals surface area (Å²) in [7, 11) is 1.52. The summed E-state index contributed by atoms with van der Waals surface area (Å²) in [5, 5.41) is 3.48. The van der Waals surface area contributed by atoms with Gasteiger partial charge in [0.2, 0.25) is 5.88 Å². The smallest absolute Gasteiger partial charge is 0.238 e. The zero-order chi connectivity index (χ0) is 10.6. The normalized spacial score (nSPS) is 9.57. The molecule has 5 heteroatoms. The minimum atomic E-state index is 0.398. The highest BCUT2D eigenvalue weighted by Crippen LogP contribution is 2.20. The predicted molar refractivity (Wildman–Crippen MR) is 58.7 cm³/mol. The van der Waals surface area contributed by atoms with E-state index in [4.69, 9.17) is 22.1 Å². The Morgan fingerprint density at radius 2 is 2.43 bits per heavy atom. The Hall–Kier alpha value is -1.42. The average Bonchev–Trinajstić information content (AvgIpc) is 2.16. The Labute approximate surface area is 87.7 Å². The van der Waals surface area contributed by atoms with Crippen molar-refractivity contribution in [3.8, 4) is 5.88 Å². The number of hydrogen-bond acceptors (Lipinski definition) is 4. The summed E-state index contributed by atoms with van der Waals surface area (Å²) in [6, 6.07) is 3.46. The number of nitrogens with two attached hydrogens (primary N) is 1. The van der Waals surface area contributed by atoms with E-state index in [0.717, 1.165) is 0 Å². The molecule has 0 spiro atoms. The van der Waals surface area contributed by atoms with Crippen molar-refractivity contribution in [2.45, 2.75) is 0 Å². The van der Waals surface area contributed by atoms with Crippen molar-refractivity contribution in [2.24, 2.45) is 0 Å². The first-order valence-electron chi connectivity index (χ1n) is 4.01. The highest BCUT2D eigenvalue weighted by atomic mass is 35.5.